The van der Waals surface area contributed by atoms with Crippen LogP contribution < -0.4 is 0 Å². The molecule has 0 N–H and O–H groups in total. The van der Waals surface area contributed by atoms with Gasteiger partial charge in [-0.15, -0.1) is 0 Å². The highest BCUT2D eigenvalue weighted by Crippen LogP contribution is 2.30. The quantitative estimate of drug-likeness (QED) is 0.455. The second-order valence-corrected chi connectivity index (χ2v) is 6.37. The Hall–Kier alpha value is -2.08. The predicted molar refractivity (Wildman–Crippen MR) is 85.9 cm³/mol. The number of hydrogen-bond donors (Lipinski definition) is 0. The van der Waals surface area contributed by atoms with E-state index in [1.165, 1.54) is 0 Å². The molecule has 0 aromatic heterocycles. The number of benzene rings is 1. The van der Waals surface area contributed by atoms with E-state index in [1.807, 2.05) is 26.0 Å². The summed E-state index contributed by atoms with van der Waals surface area (Å²) in [4.78, 5) is 32.1. The summed E-state index contributed by atoms with van der Waals surface area (Å²) in [7, 11) is 0. The van der Waals surface area contributed by atoms with Crippen molar-refractivity contribution in [2.75, 3.05) is 0 Å². The monoisotopic (exact) mass is 336 g/mol. The Balaban J connectivity index is 1.71. The van der Waals surface area contributed by atoms with Gasteiger partial charge in [-0.3, -0.25) is 4.89 Å². The van der Waals surface area contributed by atoms with E-state index in [0.717, 1.165) is 31.2 Å². The molecule has 3 atom stereocenters. The fourth-order valence-corrected chi connectivity index (χ4v) is 2.96. The first-order chi connectivity index (χ1) is 11.5. The molecule has 1 saturated carbocycles. The van der Waals surface area contributed by atoms with Gasteiger partial charge in [-0.05, 0) is 55.2 Å². The van der Waals surface area contributed by atoms with E-state index in [2.05, 4.69) is 21.7 Å². The van der Waals surface area contributed by atoms with Crippen molar-refractivity contribution >= 4 is 12.1 Å². The Labute approximate surface area is 141 Å². The summed E-state index contributed by atoms with van der Waals surface area (Å²) >= 11 is 0. The highest BCUT2D eigenvalue weighted by Gasteiger charge is 2.29. The number of carbonyl (C=O) groups excluding carboxylic acids is 2. The lowest BCUT2D eigenvalue weighted by Gasteiger charge is -2.31. The van der Waals surface area contributed by atoms with Gasteiger partial charge in [0.1, 0.15) is 6.10 Å². The zero-order chi connectivity index (χ0) is 17.5. The molecule has 1 aliphatic rings. The maximum Gasteiger partial charge on any atom is 0.543 e. The Morgan fingerprint density at radius 2 is 1.79 bits per heavy atom. The molecule has 1 aromatic carbocycles. The molecule has 6 heteroatoms. The van der Waals surface area contributed by atoms with E-state index in [-0.39, 0.29) is 12.0 Å². The van der Waals surface area contributed by atoms with Crippen molar-refractivity contribution < 1.29 is 29.1 Å². The minimum Gasteiger partial charge on any atom is -0.429 e. The SMILES string of the molecule is CCc1ccc(C(=O)OOOC(=O)OC2CCC(C)CC2C)cc1. The number of ether oxygens (including phenoxy) is 1. The molecule has 1 aromatic rings. The molecule has 0 aliphatic heterocycles. The van der Waals surface area contributed by atoms with E-state index < -0.39 is 12.1 Å². The Morgan fingerprint density at radius 1 is 1.08 bits per heavy atom. The minimum atomic E-state index is -1.00. The fourth-order valence-electron chi connectivity index (χ4n) is 2.96. The molecule has 3 unspecified atom stereocenters. The van der Waals surface area contributed by atoms with Crippen LogP contribution in [0.4, 0.5) is 4.79 Å². The van der Waals surface area contributed by atoms with Crippen LogP contribution in [-0.2, 0) is 26.0 Å². The third-order valence-corrected chi connectivity index (χ3v) is 4.41. The van der Waals surface area contributed by atoms with Crippen molar-refractivity contribution in [2.24, 2.45) is 11.8 Å². The molecule has 0 amide bonds. The first kappa shape index (κ1) is 18.3. The predicted octanol–water partition coefficient (Wildman–Crippen LogP) is 4.23. The third-order valence-electron chi connectivity index (χ3n) is 4.41. The number of aryl methyl sites for hydroxylation is 1. The van der Waals surface area contributed by atoms with Crippen LogP contribution in [-0.4, -0.2) is 18.2 Å². The highest BCUT2D eigenvalue weighted by atomic mass is 17.5. The molecule has 1 aliphatic carbocycles. The van der Waals surface area contributed by atoms with E-state index in [1.54, 1.807) is 12.1 Å². The Morgan fingerprint density at radius 3 is 2.42 bits per heavy atom. The van der Waals surface area contributed by atoms with Gasteiger partial charge in [0.25, 0.3) is 0 Å². The number of hydrogen-bond acceptors (Lipinski definition) is 6. The van der Waals surface area contributed by atoms with Gasteiger partial charge in [0.15, 0.2) is 0 Å². The zero-order valence-corrected chi connectivity index (χ0v) is 14.3. The molecule has 0 bridgehead atoms. The standard InChI is InChI=1S/C18H24O6/c1-4-14-6-8-15(9-7-14)17(19)22-24-23-18(20)21-16-10-5-12(2)11-13(16)3/h6-9,12-13,16H,4-5,10-11H2,1-3H3. The van der Waals surface area contributed by atoms with Crippen LogP contribution in [0.3, 0.4) is 0 Å². The lowest BCUT2D eigenvalue weighted by molar-refractivity contribution is -0.453. The largest absolute Gasteiger partial charge is 0.543 e. The number of carbonyl (C=O) groups is 2. The highest BCUT2D eigenvalue weighted by molar-refractivity contribution is 5.88. The summed E-state index contributed by atoms with van der Waals surface area (Å²) in [6, 6.07) is 6.87. The molecule has 0 heterocycles. The van der Waals surface area contributed by atoms with Crippen LogP contribution in [0.15, 0.2) is 24.3 Å². The van der Waals surface area contributed by atoms with E-state index in [4.69, 9.17) is 4.74 Å². The summed E-state index contributed by atoms with van der Waals surface area (Å²) in [6.45, 7) is 6.23. The zero-order valence-electron chi connectivity index (χ0n) is 14.3. The van der Waals surface area contributed by atoms with Crippen molar-refractivity contribution in [1.82, 2.24) is 0 Å². The van der Waals surface area contributed by atoms with Gasteiger partial charge in [-0.1, -0.05) is 32.9 Å². The van der Waals surface area contributed by atoms with Gasteiger partial charge in [-0.2, -0.15) is 0 Å². The summed E-state index contributed by atoms with van der Waals surface area (Å²) in [5.41, 5.74) is 1.40. The molecule has 132 valence electrons. The molecule has 0 radical (unpaired) electrons. The summed E-state index contributed by atoms with van der Waals surface area (Å²) < 4.78 is 5.19. The summed E-state index contributed by atoms with van der Waals surface area (Å²) in [5.74, 6) is 0.151. The normalized spacial score (nSPS) is 23.4. The molecule has 0 spiro atoms. The fraction of sp³-hybridized carbons (Fsp3) is 0.556. The van der Waals surface area contributed by atoms with Crippen LogP contribution >= 0.6 is 0 Å². The van der Waals surface area contributed by atoms with Crippen LogP contribution in [0, 0.1) is 11.8 Å². The van der Waals surface area contributed by atoms with Gasteiger partial charge in [0.2, 0.25) is 0 Å². The second-order valence-electron chi connectivity index (χ2n) is 6.37. The smallest absolute Gasteiger partial charge is 0.429 e. The van der Waals surface area contributed by atoms with Crippen LogP contribution in [0.2, 0.25) is 0 Å². The van der Waals surface area contributed by atoms with Gasteiger partial charge in [0.05, 0.1) is 10.6 Å². The minimum absolute atomic E-state index is 0.199. The van der Waals surface area contributed by atoms with Crippen LogP contribution in [0.1, 0.15) is 56.0 Å². The maximum absolute atomic E-state index is 11.7. The lowest BCUT2D eigenvalue weighted by Crippen LogP contribution is -2.31. The maximum atomic E-state index is 11.7. The van der Waals surface area contributed by atoms with Gasteiger partial charge in [-0.25, -0.2) is 14.5 Å². The average molecular weight is 336 g/mol. The van der Waals surface area contributed by atoms with Crippen molar-refractivity contribution in [1.29, 1.82) is 0 Å². The first-order valence-electron chi connectivity index (χ1n) is 8.34. The van der Waals surface area contributed by atoms with Gasteiger partial charge < -0.3 is 4.74 Å². The first-order valence-corrected chi connectivity index (χ1v) is 8.34. The van der Waals surface area contributed by atoms with Crippen molar-refractivity contribution in [3.63, 3.8) is 0 Å². The summed E-state index contributed by atoms with van der Waals surface area (Å²) in [5, 5.41) is 4.24. The molecular formula is C18H24O6. The van der Waals surface area contributed by atoms with Crippen LogP contribution in [0.5, 0.6) is 0 Å². The van der Waals surface area contributed by atoms with E-state index in [0.29, 0.717) is 11.5 Å². The molecule has 2 rings (SSSR count). The van der Waals surface area contributed by atoms with Crippen LogP contribution in [0.25, 0.3) is 0 Å². The summed E-state index contributed by atoms with van der Waals surface area (Å²) in [6.07, 6.45) is 2.47. The third kappa shape index (κ3) is 5.23. The van der Waals surface area contributed by atoms with E-state index >= 15 is 0 Å². The van der Waals surface area contributed by atoms with Crippen molar-refractivity contribution in [3.05, 3.63) is 35.4 Å². The lowest BCUT2D eigenvalue weighted by atomic mass is 9.81. The second kappa shape index (κ2) is 8.68. The molecule has 24 heavy (non-hydrogen) atoms. The molecule has 6 nitrogen and oxygen atoms in total. The van der Waals surface area contributed by atoms with Crippen molar-refractivity contribution in [2.45, 2.75) is 52.6 Å². The molecular weight excluding hydrogens is 312 g/mol. The average Bonchev–Trinajstić information content (AvgIpc) is 2.57. The van der Waals surface area contributed by atoms with E-state index in [9.17, 15) is 9.59 Å². The molecule has 1 fully saturated rings. The van der Waals surface area contributed by atoms with Gasteiger partial charge >= 0.3 is 12.1 Å². The topological polar surface area (TPSA) is 71.1 Å². The van der Waals surface area contributed by atoms with Crippen molar-refractivity contribution in [3.8, 4) is 0 Å². The van der Waals surface area contributed by atoms with Gasteiger partial charge in [0, 0.05) is 0 Å². The molecule has 0 saturated heterocycles. The Kier molecular flexibility index (Phi) is 6.61. The Bertz CT molecular complexity index is 553. The number of rotatable bonds is 5.